The Bertz CT molecular complexity index is 593. The molecule has 102 valence electrons. The lowest BCUT2D eigenvalue weighted by molar-refractivity contribution is -0.384. The second-order valence-electron chi connectivity index (χ2n) is 4.74. The van der Waals surface area contributed by atoms with Gasteiger partial charge in [-0.2, -0.15) is 0 Å². The van der Waals surface area contributed by atoms with Crippen LogP contribution >= 0.6 is 0 Å². The van der Waals surface area contributed by atoms with E-state index in [2.05, 4.69) is 27.1 Å². The summed E-state index contributed by atoms with van der Waals surface area (Å²) >= 11 is 0. The van der Waals surface area contributed by atoms with Crippen LogP contribution in [0.5, 0.6) is 0 Å². The molecule has 0 saturated heterocycles. The fraction of sp³-hybridized carbons (Fsp3) is 0.417. The molecule has 1 aromatic carbocycles. The van der Waals surface area contributed by atoms with Gasteiger partial charge in [0.05, 0.1) is 16.0 Å². The number of hydrogen-bond donors (Lipinski definition) is 2. The van der Waals surface area contributed by atoms with Crippen LogP contribution in [0.3, 0.4) is 0 Å². The molecule has 0 saturated carbocycles. The molecule has 7 heteroatoms. The zero-order chi connectivity index (χ0) is 14.0. The predicted octanol–water partition coefficient (Wildman–Crippen LogP) is 1.83. The average Bonchev–Trinajstić information content (AvgIpc) is 2.77. The molecule has 0 fully saturated rings. The van der Waals surface area contributed by atoms with E-state index in [4.69, 9.17) is 0 Å². The van der Waals surface area contributed by atoms with Gasteiger partial charge < -0.3 is 15.2 Å². The number of nitrogens with zero attached hydrogens (tertiary/aromatic N) is 3. The molecule has 0 aliphatic heterocycles. The number of imidazole rings is 1. The van der Waals surface area contributed by atoms with Gasteiger partial charge in [-0.1, -0.05) is 0 Å². The van der Waals surface area contributed by atoms with Crippen LogP contribution in [0, 0.1) is 10.1 Å². The number of nitro benzene ring substituents is 1. The molecular weight excluding hydrogens is 246 g/mol. The Labute approximate surface area is 110 Å². The average molecular weight is 263 g/mol. The molecule has 7 nitrogen and oxygen atoms in total. The van der Waals surface area contributed by atoms with Crippen LogP contribution in [0.1, 0.15) is 6.92 Å². The second-order valence-corrected chi connectivity index (χ2v) is 4.74. The molecule has 0 aliphatic carbocycles. The van der Waals surface area contributed by atoms with Crippen molar-refractivity contribution in [3.05, 3.63) is 28.3 Å². The molecule has 0 aliphatic rings. The van der Waals surface area contributed by atoms with E-state index >= 15 is 0 Å². The smallest absolute Gasteiger partial charge is 0.271 e. The van der Waals surface area contributed by atoms with E-state index in [1.165, 1.54) is 12.1 Å². The highest BCUT2D eigenvalue weighted by molar-refractivity contribution is 5.79. The maximum atomic E-state index is 10.7. The molecule has 19 heavy (non-hydrogen) atoms. The van der Waals surface area contributed by atoms with Gasteiger partial charge in [0, 0.05) is 24.7 Å². The number of rotatable bonds is 5. The zero-order valence-corrected chi connectivity index (χ0v) is 11.2. The van der Waals surface area contributed by atoms with Crippen LogP contribution in [0.15, 0.2) is 18.2 Å². The van der Waals surface area contributed by atoms with Gasteiger partial charge in [0.1, 0.15) is 0 Å². The van der Waals surface area contributed by atoms with Crippen molar-refractivity contribution in [2.45, 2.75) is 13.0 Å². The van der Waals surface area contributed by atoms with Crippen molar-refractivity contribution in [3.8, 4) is 0 Å². The molecule has 0 bridgehead atoms. The fourth-order valence-electron chi connectivity index (χ4n) is 1.62. The molecule has 2 rings (SSSR count). The number of benzene rings is 1. The van der Waals surface area contributed by atoms with Crippen LogP contribution in [0.2, 0.25) is 0 Å². The lowest BCUT2D eigenvalue weighted by Crippen LogP contribution is -2.31. The highest BCUT2D eigenvalue weighted by Gasteiger charge is 2.10. The highest BCUT2D eigenvalue weighted by Crippen LogP contribution is 2.20. The summed E-state index contributed by atoms with van der Waals surface area (Å²) in [5, 5.41) is 13.9. The van der Waals surface area contributed by atoms with Crippen molar-refractivity contribution in [2.24, 2.45) is 0 Å². The van der Waals surface area contributed by atoms with Gasteiger partial charge in [-0.05, 0) is 27.1 Å². The molecule has 1 aromatic heterocycles. The standard InChI is InChI=1S/C12H17N5O2/c1-8(16(2)3)7-13-12-14-10-5-4-9(17(18)19)6-11(10)15-12/h4-6,8H,7H2,1-3H3,(H2,13,14,15). The number of nitrogens with one attached hydrogen (secondary N) is 2. The van der Waals surface area contributed by atoms with E-state index in [-0.39, 0.29) is 5.69 Å². The van der Waals surface area contributed by atoms with Gasteiger partial charge in [-0.3, -0.25) is 10.1 Å². The third kappa shape index (κ3) is 3.00. The summed E-state index contributed by atoms with van der Waals surface area (Å²) in [6.07, 6.45) is 0. The minimum Gasteiger partial charge on any atom is -0.354 e. The summed E-state index contributed by atoms with van der Waals surface area (Å²) in [6, 6.07) is 4.95. The Morgan fingerprint density at radius 1 is 1.53 bits per heavy atom. The summed E-state index contributed by atoms with van der Waals surface area (Å²) in [4.78, 5) is 19.8. The van der Waals surface area contributed by atoms with Crippen molar-refractivity contribution in [3.63, 3.8) is 0 Å². The largest absolute Gasteiger partial charge is 0.354 e. The summed E-state index contributed by atoms with van der Waals surface area (Å²) in [5.41, 5.74) is 1.43. The number of aromatic nitrogens is 2. The molecule has 0 amide bonds. The van der Waals surface area contributed by atoms with Crippen LogP contribution in [0.25, 0.3) is 11.0 Å². The molecule has 2 N–H and O–H groups in total. The molecule has 2 aromatic rings. The highest BCUT2D eigenvalue weighted by atomic mass is 16.6. The van der Waals surface area contributed by atoms with Crippen LogP contribution in [-0.2, 0) is 0 Å². The molecule has 1 atom stereocenters. The van der Waals surface area contributed by atoms with Gasteiger partial charge in [-0.25, -0.2) is 4.98 Å². The number of non-ortho nitro benzene ring substituents is 1. The molecule has 1 unspecified atom stereocenters. The number of hydrogen-bond acceptors (Lipinski definition) is 5. The van der Waals surface area contributed by atoms with Crippen LogP contribution < -0.4 is 5.32 Å². The predicted molar refractivity (Wildman–Crippen MR) is 74.4 cm³/mol. The van der Waals surface area contributed by atoms with E-state index in [0.29, 0.717) is 23.0 Å². The maximum absolute atomic E-state index is 10.7. The Hall–Kier alpha value is -2.15. The first-order chi connectivity index (χ1) is 8.97. The summed E-state index contributed by atoms with van der Waals surface area (Å²) in [6.45, 7) is 2.84. The van der Waals surface area contributed by atoms with Crippen molar-refractivity contribution in [1.29, 1.82) is 0 Å². The summed E-state index contributed by atoms with van der Waals surface area (Å²) in [5.74, 6) is 0.629. The minimum atomic E-state index is -0.415. The van der Waals surface area contributed by atoms with Gasteiger partial charge in [-0.15, -0.1) is 0 Å². The quantitative estimate of drug-likeness (QED) is 0.634. The Balaban J connectivity index is 2.15. The summed E-state index contributed by atoms with van der Waals surface area (Å²) in [7, 11) is 4.02. The van der Waals surface area contributed by atoms with Gasteiger partial charge in [0.15, 0.2) is 0 Å². The maximum Gasteiger partial charge on any atom is 0.271 e. The van der Waals surface area contributed by atoms with Crippen molar-refractivity contribution in [2.75, 3.05) is 26.0 Å². The van der Waals surface area contributed by atoms with Crippen molar-refractivity contribution >= 4 is 22.7 Å². The Morgan fingerprint density at radius 2 is 2.26 bits per heavy atom. The number of fused-ring (bicyclic) bond motifs is 1. The van der Waals surface area contributed by atoms with E-state index in [1.54, 1.807) is 6.07 Å². The van der Waals surface area contributed by atoms with E-state index < -0.39 is 4.92 Å². The molecular formula is C12H17N5O2. The molecule has 0 spiro atoms. The van der Waals surface area contributed by atoms with Crippen LogP contribution in [-0.4, -0.2) is 46.5 Å². The minimum absolute atomic E-state index is 0.0596. The first-order valence-corrected chi connectivity index (χ1v) is 6.02. The van der Waals surface area contributed by atoms with Crippen LogP contribution in [0.4, 0.5) is 11.6 Å². The number of H-pyrrole nitrogens is 1. The monoisotopic (exact) mass is 263 g/mol. The van der Waals surface area contributed by atoms with Gasteiger partial charge in [0.25, 0.3) is 5.69 Å². The summed E-state index contributed by atoms with van der Waals surface area (Å²) < 4.78 is 0. The second kappa shape index (κ2) is 5.23. The molecule has 1 heterocycles. The Morgan fingerprint density at radius 3 is 2.89 bits per heavy atom. The van der Waals surface area contributed by atoms with Gasteiger partial charge in [0.2, 0.25) is 5.95 Å². The lowest BCUT2D eigenvalue weighted by Gasteiger charge is -2.19. The van der Waals surface area contributed by atoms with Crippen molar-refractivity contribution in [1.82, 2.24) is 14.9 Å². The van der Waals surface area contributed by atoms with E-state index in [9.17, 15) is 10.1 Å². The first kappa shape index (κ1) is 13.3. The topological polar surface area (TPSA) is 87.1 Å². The Kier molecular flexibility index (Phi) is 3.66. The molecule has 0 radical (unpaired) electrons. The third-order valence-electron chi connectivity index (χ3n) is 3.12. The normalized spacial score (nSPS) is 12.8. The lowest BCUT2D eigenvalue weighted by atomic mass is 10.3. The SMILES string of the molecule is CC(CNc1nc2ccc([N+](=O)[O-])cc2[nH]1)N(C)C. The fourth-order valence-corrected chi connectivity index (χ4v) is 1.62. The number of anilines is 1. The number of likely N-dealkylation sites (N-methyl/N-ethyl adjacent to an activating group) is 1. The van der Waals surface area contributed by atoms with Gasteiger partial charge >= 0.3 is 0 Å². The van der Waals surface area contributed by atoms with E-state index in [1.807, 2.05) is 14.1 Å². The zero-order valence-electron chi connectivity index (χ0n) is 11.2. The first-order valence-electron chi connectivity index (χ1n) is 6.02. The third-order valence-corrected chi connectivity index (χ3v) is 3.12. The van der Waals surface area contributed by atoms with E-state index in [0.717, 1.165) is 6.54 Å². The van der Waals surface area contributed by atoms with Crippen molar-refractivity contribution < 1.29 is 4.92 Å². The number of nitro groups is 1. The number of aromatic amines is 1.